The van der Waals surface area contributed by atoms with Gasteiger partial charge in [-0.3, -0.25) is 0 Å². The predicted molar refractivity (Wildman–Crippen MR) is 79.3 cm³/mol. The van der Waals surface area contributed by atoms with E-state index in [1.807, 2.05) is 4.90 Å². The van der Waals surface area contributed by atoms with Gasteiger partial charge in [0.15, 0.2) is 0 Å². The van der Waals surface area contributed by atoms with Crippen LogP contribution in [-0.4, -0.2) is 29.3 Å². The molecule has 21 heavy (non-hydrogen) atoms. The maximum absolute atomic E-state index is 13.1. The zero-order chi connectivity index (χ0) is 15.8. The number of rotatable bonds is 3. The maximum atomic E-state index is 13.1. The van der Waals surface area contributed by atoms with Crippen LogP contribution in [0.3, 0.4) is 0 Å². The van der Waals surface area contributed by atoms with E-state index in [1.165, 1.54) is 6.07 Å². The van der Waals surface area contributed by atoms with Gasteiger partial charge in [0, 0.05) is 30.3 Å². The molecule has 3 N–H and O–H groups in total. The molecule has 1 aliphatic rings. The highest BCUT2D eigenvalue weighted by molar-refractivity contribution is 7.80. The minimum Gasteiger partial charge on any atom is -0.393 e. The fourth-order valence-corrected chi connectivity index (χ4v) is 2.77. The quantitative estimate of drug-likeness (QED) is 0.841. The summed E-state index contributed by atoms with van der Waals surface area (Å²) in [6.45, 7) is 2.87. The molecule has 116 valence electrons. The normalized spacial score (nSPS) is 20.6. The van der Waals surface area contributed by atoms with Crippen LogP contribution in [0.4, 0.5) is 18.9 Å². The fraction of sp³-hybridized carbons (Fsp3) is 0.500. The predicted octanol–water partition coefficient (Wildman–Crippen LogP) is 2.55. The van der Waals surface area contributed by atoms with Crippen molar-refractivity contribution in [2.75, 3.05) is 18.0 Å². The summed E-state index contributed by atoms with van der Waals surface area (Å²) in [5.74, 6) is 0.0783. The number of nitrogens with two attached hydrogens (primary N) is 1. The highest BCUT2D eigenvalue weighted by Crippen LogP contribution is 2.36. The first-order valence-electron chi connectivity index (χ1n) is 6.64. The lowest BCUT2D eigenvalue weighted by Gasteiger charge is -2.22. The van der Waals surface area contributed by atoms with Crippen molar-refractivity contribution in [2.24, 2.45) is 11.7 Å². The molecule has 2 atom stereocenters. The van der Waals surface area contributed by atoms with Gasteiger partial charge in [-0.1, -0.05) is 12.2 Å². The summed E-state index contributed by atoms with van der Waals surface area (Å²) < 4.78 is 39.3. The van der Waals surface area contributed by atoms with Crippen LogP contribution in [-0.2, 0) is 6.18 Å². The Bertz CT molecular complexity index is 546. The van der Waals surface area contributed by atoms with Gasteiger partial charge in [-0.05, 0) is 31.5 Å². The van der Waals surface area contributed by atoms with Crippen molar-refractivity contribution in [2.45, 2.75) is 25.6 Å². The minimum absolute atomic E-state index is 0.0783. The summed E-state index contributed by atoms with van der Waals surface area (Å²) in [4.78, 5) is 1.58. The molecular formula is C14H17F3N2OS. The van der Waals surface area contributed by atoms with E-state index in [-0.39, 0.29) is 16.5 Å². The van der Waals surface area contributed by atoms with Crippen LogP contribution in [0.1, 0.15) is 24.5 Å². The van der Waals surface area contributed by atoms with E-state index in [2.05, 4.69) is 12.2 Å². The lowest BCUT2D eigenvalue weighted by molar-refractivity contribution is -0.137. The number of aliphatic hydroxyl groups excluding tert-OH is 1. The number of hydrogen-bond donors (Lipinski definition) is 2. The van der Waals surface area contributed by atoms with Gasteiger partial charge in [0.1, 0.15) is 4.99 Å². The molecule has 0 amide bonds. The topological polar surface area (TPSA) is 49.5 Å². The second-order valence-electron chi connectivity index (χ2n) is 5.33. The third-order valence-corrected chi connectivity index (χ3v) is 4.07. The first-order chi connectivity index (χ1) is 9.70. The standard InChI is InChI=1S/C14H17F3N2OS/c1-8(20)9-4-5-19(7-9)10-2-3-11(13(18)21)12(6-10)14(15,16)17/h2-3,6,8-9,20H,4-5,7H2,1H3,(H2,18,21). The maximum Gasteiger partial charge on any atom is 0.417 e. The second kappa shape index (κ2) is 5.81. The average Bonchev–Trinajstić information content (AvgIpc) is 2.86. The van der Waals surface area contributed by atoms with Crippen LogP contribution in [0.25, 0.3) is 0 Å². The molecule has 1 aromatic carbocycles. The van der Waals surface area contributed by atoms with E-state index < -0.39 is 17.8 Å². The largest absolute Gasteiger partial charge is 0.417 e. The van der Waals surface area contributed by atoms with Gasteiger partial charge >= 0.3 is 6.18 Å². The van der Waals surface area contributed by atoms with Crippen molar-refractivity contribution in [3.05, 3.63) is 29.3 Å². The molecular weight excluding hydrogens is 301 g/mol. The summed E-state index contributed by atoms with van der Waals surface area (Å²) >= 11 is 4.68. The van der Waals surface area contributed by atoms with E-state index in [0.717, 1.165) is 12.5 Å². The first kappa shape index (κ1) is 16.0. The summed E-state index contributed by atoms with van der Waals surface area (Å²) in [7, 11) is 0. The highest BCUT2D eigenvalue weighted by atomic mass is 32.1. The van der Waals surface area contributed by atoms with Crippen molar-refractivity contribution in [3.8, 4) is 0 Å². The highest BCUT2D eigenvalue weighted by Gasteiger charge is 2.35. The van der Waals surface area contributed by atoms with Gasteiger partial charge in [0.2, 0.25) is 0 Å². The van der Waals surface area contributed by atoms with Crippen molar-refractivity contribution < 1.29 is 18.3 Å². The summed E-state index contributed by atoms with van der Waals surface area (Å²) in [5.41, 5.74) is 4.87. The van der Waals surface area contributed by atoms with Crippen molar-refractivity contribution in [1.29, 1.82) is 0 Å². The van der Waals surface area contributed by atoms with Gasteiger partial charge in [-0.2, -0.15) is 13.2 Å². The van der Waals surface area contributed by atoms with Crippen LogP contribution in [0, 0.1) is 5.92 Å². The molecule has 0 bridgehead atoms. The van der Waals surface area contributed by atoms with Gasteiger partial charge in [0.05, 0.1) is 11.7 Å². The van der Waals surface area contributed by atoms with Crippen LogP contribution < -0.4 is 10.6 Å². The number of benzene rings is 1. The second-order valence-corrected chi connectivity index (χ2v) is 5.77. The minimum atomic E-state index is -4.50. The Morgan fingerprint density at radius 2 is 2.14 bits per heavy atom. The lowest BCUT2D eigenvalue weighted by atomic mass is 10.0. The zero-order valence-electron chi connectivity index (χ0n) is 11.5. The number of hydrogen-bond acceptors (Lipinski definition) is 3. The molecule has 7 heteroatoms. The van der Waals surface area contributed by atoms with E-state index in [4.69, 9.17) is 5.73 Å². The Hall–Kier alpha value is -1.34. The van der Waals surface area contributed by atoms with Crippen LogP contribution in [0.15, 0.2) is 18.2 Å². The Labute approximate surface area is 126 Å². The molecule has 2 rings (SSSR count). The molecule has 0 aromatic heterocycles. The third-order valence-electron chi connectivity index (χ3n) is 3.85. The van der Waals surface area contributed by atoms with Gasteiger partial charge < -0.3 is 15.7 Å². The van der Waals surface area contributed by atoms with Crippen molar-refractivity contribution in [1.82, 2.24) is 0 Å². The smallest absolute Gasteiger partial charge is 0.393 e. The molecule has 1 aromatic rings. The Balaban J connectivity index is 2.33. The number of aliphatic hydroxyl groups is 1. The monoisotopic (exact) mass is 318 g/mol. The van der Waals surface area contributed by atoms with Crippen LogP contribution >= 0.6 is 12.2 Å². The van der Waals surface area contributed by atoms with Crippen LogP contribution in [0.5, 0.6) is 0 Å². The molecule has 0 spiro atoms. The number of thiocarbonyl (C=S) groups is 1. The Morgan fingerprint density at radius 3 is 2.62 bits per heavy atom. The number of nitrogens with zero attached hydrogens (tertiary/aromatic N) is 1. The molecule has 0 radical (unpaired) electrons. The third kappa shape index (κ3) is 3.47. The number of alkyl halides is 3. The van der Waals surface area contributed by atoms with Gasteiger partial charge in [-0.15, -0.1) is 0 Å². The molecule has 2 unspecified atom stereocenters. The fourth-order valence-electron chi connectivity index (χ4n) is 2.59. The molecule has 1 heterocycles. The molecule has 3 nitrogen and oxygen atoms in total. The Morgan fingerprint density at radius 1 is 1.48 bits per heavy atom. The summed E-state index contributed by atoms with van der Waals surface area (Å²) in [6.07, 6.45) is -4.21. The van der Waals surface area contributed by atoms with Crippen molar-refractivity contribution >= 4 is 22.9 Å². The first-order valence-corrected chi connectivity index (χ1v) is 7.05. The Kier molecular flexibility index (Phi) is 4.43. The molecule has 1 saturated heterocycles. The van der Waals surface area contributed by atoms with Gasteiger partial charge in [0.25, 0.3) is 0 Å². The van der Waals surface area contributed by atoms with E-state index in [1.54, 1.807) is 13.0 Å². The summed E-state index contributed by atoms with van der Waals surface area (Å²) in [6, 6.07) is 3.99. The molecule has 1 fully saturated rings. The zero-order valence-corrected chi connectivity index (χ0v) is 12.3. The lowest BCUT2D eigenvalue weighted by Crippen LogP contribution is -2.25. The summed E-state index contributed by atoms with van der Waals surface area (Å²) in [5, 5.41) is 9.58. The van der Waals surface area contributed by atoms with E-state index in [9.17, 15) is 18.3 Å². The molecule has 1 aliphatic heterocycles. The van der Waals surface area contributed by atoms with Crippen molar-refractivity contribution in [3.63, 3.8) is 0 Å². The number of halogens is 3. The van der Waals surface area contributed by atoms with E-state index >= 15 is 0 Å². The van der Waals surface area contributed by atoms with Crippen LogP contribution in [0.2, 0.25) is 0 Å². The van der Waals surface area contributed by atoms with Gasteiger partial charge in [-0.25, -0.2) is 0 Å². The van der Waals surface area contributed by atoms with E-state index in [0.29, 0.717) is 18.8 Å². The molecule has 0 aliphatic carbocycles. The number of anilines is 1. The SMILES string of the molecule is CC(O)C1CCN(c2ccc(C(N)=S)c(C(F)(F)F)c2)C1. The molecule has 0 saturated carbocycles. The average molecular weight is 318 g/mol.